The Bertz CT molecular complexity index is 393. The Balaban J connectivity index is 0.00000400. The number of hydrogen-bond acceptors (Lipinski definition) is 2. The summed E-state index contributed by atoms with van der Waals surface area (Å²) >= 11 is 0. The summed E-state index contributed by atoms with van der Waals surface area (Å²) in [4.78, 5) is 4.20. The fourth-order valence-electron chi connectivity index (χ4n) is 1.90. The van der Waals surface area contributed by atoms with Crippen LogP contribution in [0.5, 0.6) is 5.75 Å². The van der Waals surface area contributed by atoms with Gasteiger partial charge in [-0.1, -0.05) is 25.5 Å². The number of rotatable bonds is 8. The predicted octanol–water partition coefficient (Wildman–Crippen LogP) is 3.21. The molecule has 1 rings (SSSR count). The molecule has 1 aromatic rings. The summed E-state index contributed by atoms with van der Waals surface area (Å²) in [6.45, 7) is 4.10. The molecule has 0 aliphatic rings. The molecule has 0 bridgehead atoms. The number of benzene rings is 1. The standard InChI is InChI=1S/C16H27N3O.HI/c1-4-5-12-18-16(17-2)19-13-6-7-14-8-10-15(20-3)11-9-14;/h8-11H,4-7,12-13H2,1-3H3,(H2,17,18,19);1H. The minimum Gasteiger partial charge on any atom is -0.497 e. The van der Waals surface area contributed by atoms with Gasteiger partial charge in [-0.25, -0.2) is 0 Å². The number of guanidine groups is 1. The van der Waals surface area contributed by atoms with Crippen LogP contribution in [0.3, 0.4) is 0 Å². The largest absolute Gasteiger partial charge is 0.497 e. The Morgan fingerprint density at radius 3 is 2.24 bits per heavy atom. The summed E-state index contributed by atoms with van der Waals surface area (Å²) in [5, 5.41) is 6.64. The Morgan fingerprint density at radius 1 is 1.10 bits per heavy atom. The summed E-state index contributed by atoms with van der Waals surface area (Å²) in [7, 11) is 3.50. The minimum absolute atomic E-state index is 0. The third-order valence-electron chi connectivity index (χ3n) is 3.14. The van der Waals surface area contributed by atoms with Gasteiger partial charge in [0, 0.05) is 20.1 Å². The molecule has 2 N–H and O–H groups in total. The minimum atomic E-state index is 0. The zero-order valence-electron chi connectivity index (χ0n) is 13.3. The summed E-state index contributed by atoms with van der Waals surface area (Å²) in [5.74, 6) is 1.81. The van der Waals surface area contributed by atoms with Crippen LogP contribution in [0.4, 0.5) is 0 Å². The molecule has 21 heavy (non-hydrogen) atoms. The summed E-state index contributed by atoms with van der Waals surface area (Å²) in [5.41, 5.74) is 1.33. The second-order valence-electron chi connectivity index (χ2n) is 4.73. The van der Waals surface area contributed by atoms with Gasteiger partial charge in [-0.3, -0.25) is 4.99 Å². The van der Waals surface area contributed by atoms with Crippen molar-refractivity contribution in [3.63, 3.8) is 0 Å². The number of nitrogens with one attached hydrogen (secondary N) is 2. The normalized spacial score (nSPS) is 10.7. The number of hydrogen-bond donors (Lipinski definition) is 2. The highest BCUT2D eigenvalue weighted by molar-refractivity contribution is 14.0. The van der Waals surface area contributed by atoms with Crippen LogP contribution in [-0.2, 0) is 6.42 Å². The third kappa shape index (κ3) is 8.80. The van der Waals surface area contributed by atoms with Crippen LogP contribution in [0.25, 0.3) is 0 Å². The molecule has 0 aliphatic heterocycles. The van der Waals surface area contributed by atoms with Crippen molar-refractivity contribution in [2.75, 3.05) is 27.2 Å². The maximum absolute atomic E-state index is 5.15. The first kappa shape index (κ1) is 20.0. The van der Waals surface area contributed by atoms with E-state index in [1.807, 2.05) is 19.2 Å². The molecular formula is C16H28IN3O. The van der Waals surface area contributed by atoms with Crippen LogP contribution in [-0.4, -0.2) is 33.2 Å². The van der Waals surface area contributed by atoms with E-state index in [1.54, 1.807) is 7.11 Å². The first-order valence-electron chi connectivity index (χ1n) is 7.37. The number of methoxy groups -OCH3 is 1. The first-order valence-corrected chi connectivity index (χ1v) is 7.37. The van der Waals surface area contributed by atoms with Crippen molar-refractivity contribution >= 4 is 29.9 Å². The molecule has 0 amide bonds. The molecule has 5 heteroatoms. The van der Waals surface area contributed by atoms with Gasteiger partial charge in [-0.15, -0.1) is 24.0 Å². The molecule has 0 unspecified atom stereocenters. The van der Waals surface area contributed by atoms with E-state index in [0.717, 1.165) is 37.6 Å². The third-order valence-corrected chi connectivity index (χ3v) is 3.14. The average molecular weight is 405 g/mol. The number of aryl methyl sites for hydroxylation is 1. The van der Waals surface area contributed by atoms with Crippen molar-refractivity contribution in [1.82, 2.24) is 10.6 Å². The van der Waals surface area contributed by atoms with E-state index in [2.05, 4.69) is 34.7 Å². The van der Waals surface area contributed by atoms with E-state index < -0.39 is 0 Å². The van der Waals surface area contributed by atoms with Gasteiger partial charge < -0.3 is 15.4 Å². The molecule has 120 valence electrons. The van der Waals surface area contributed by atoms with Crippen LogP contribution >= 0.6 is 24.0 Å². The van der Waals surface area contributed by atoms with E-state index in [4.69, 9.17) is 4.74 Å². The molecule has 0 aromatic heterocycles. The van der Waals surface area contributed by atoms with Gasteiger partial charge in [0.25, 0.3) is 0 Å². The van der Waals surface area contributed by atoms with Crippen LogP contribution < -0.4 is 15.4 Å². The van der Waals surface area contributed by atoms with E-state index in [9.17, 15) is 0 Å². The van der Waals surface area contributed by atoms with Crippen molar-refractivity contribution in [2.24, 2.45) is 4.99 Å². The number of nitrogens with zero attached hydrogens (tertiary/aromatic N) is 1. The fourth-order valence-corrected chi connectivity index (χ4v) is 1.90. The number of unbranched alkanes of at least 4 members (excludes halogenated alkanes) is 1. The highest BCUT2D eigenvalue weighted by Crippen LogP contribution is 2.12. The van der Waals surface area contributed by atoms with Gasteiger partial charge in [-0.2, -0.15) is 0 Å². The van der Waals surface area contributed by atoms with Crippen LogP contribution in [0.2, 0.25) is 0 Å². The zero-order chi connectivity index (χ0) is 14.6. The number of halogens is 1. The van der Waals surface area contributed by atoms with Crippen LogP contribution in [0.15, 0.2) is 29.3 Å². The predicted molar refractivity (Wildman–Crippen MR) is 101 cm³/mol. The lowest BCUT2D eigenvalue weighted by Gasteiger charge is -2.11. The van der Waals surface area contributed by atoms with Crippen molar-refractivity contribution in [3.05, 3.63) is 29.8 Å². The highest BCUT2D eigenvalue weighted by atomic mass is 127. The molecule has 0 aliphatic carbocycles. The number of aliphatic imine (C=N–C) groups is 1. The van der Waals surface area contributed by atoms with Gasteiger partial charge in [0.2, 0.25) is 0 Å². The topological polar surface area (TPSA) is 45.7 Å². The van der Waals surface area contributed by atoms with Crippen molar-refractivity contribution in [2.45, 2.75) is 32.6 Å². The Morgan fingerprint density at radius 2 is 1.71 bits per heavy atom. The van der Waals surface area contributed by atoms with Gasteiger partial charge in [-0.05, 0) is 37.0 Å². The van der Waals surface area contributed by atoms with Crippen molar-refractivity contribution in [1.29, 1.82) is 0 Å². The summed E-state index contributed by atoms with van der Waals surface area (Å²) < 4.78 is 5.15. The van der Waals surface area contributed by atoms with Crippen molar-refractivity contribution < 1.29 is 4.74 Å². The van der Waals surface area contributed by atoms with E-state index >= 15 is 0 Å². The Hall–Kier alpha value is -0.980. The lowest BCUT2D eigenvalue weighted by atomic mass is 10.1. The molecule has 0 heterocycles. The van der Waals surface area contributed by atoms with Crippen molar-refractivity contribution in [3.8, 4) is 5.75 Å². The molecule has 0 radical (unpaired) electrons. The zero-order valence-corrected chi connectivity index (χ0v) is 15.6. The summed E-state index contributed by atoms with van der Waals surface area (Å²) in [6.07, 6.45) is 4.51. The van der Waals surface area contributed by atoms with E-state index in [0.29, 0.717) is 0 Å². The molecular weight excluding hydrogens is 377 g/mol. The smallest absolute Gasteiger partial charge is 0.190 e. The monoisotopic (exact) mass is 405 g/mol. The first-order chi connectivity index (χ1) is 9.80. The summed E-state index contributed by atoms with van der Waals surface area (Å²) in [6, 6.07) is 8.25. The van der Waals surface area contributed by atoms with Gasteiger partial charge in [0.05, 0.1) is 7.11 Å². The average Bonchev–Trinajstić information content (AvgIpc) is 2.50. The quantitative estimate of drug-likeness (QED) is 0.302. The van der Waals surface area contributed by atoms with Gasteiger partial charge in [0.1, 0.15) is 5.75 Å². The lowest BCUT2D eigenvalue weighted by Crippen LogP contribution is -2.38. The van der Waals surface area contributed by atoms with E-state index in [1.165, 1.54) is 18.4 Å². The molecule has 0 saturated carbocycles. The highest BCUT2D eigenvalue weighted by Gasteiger charge is 1.97. The molecule has 1 aromatic carbocycles. The second kappa shape index (κ2) is 12.7. The lowest BCUT2D eigenvalue weighted by molar-refractivity contribution is 0.414. The fraction of sp³-hybridized carbons (Fsp3) is 0.562. The Labute approximate surface area is 145 Å². The number of ether oxygens (including phenoxy) is 1. The SMILES string of the molecule is CCCCNC(=NC)NCCCc1ccc(OC)cc1.I. The Kier molecular flexibility index (Phi) is 12.1. The van der Waals surface area contributed by atoms with Gasteiger partial charge in [0.15, 0.2) is 5.96 Å². The maximum atomic E-state index is 5.15. The van der Waals surface area contributed by atoms with E-state index in [-0.39, 0.29) is 24.0 Å². The second-order valence-corrected chi connectivity index (χ2v) is 4.73. The van der Waals surface area contributed by atoms with Crippen LogP contribution in [0, 0.1) is 0 Å². The molecule has 0 fully saturated rings. The maximum Gasteiger partial charge on any atom is 0.190 e. The molecule has 0 saturated heterocycles. The molecule has 0 spiro atoms. The molecule has 0 atom stereocenters. The van der Waals surface area contributed by atoms with Gasteiger partial charge >= 0.3 is 0 Å². The van der Waals surface area contributed by atoms with Crippen LogP contribution in [0.1, 0.15) is 31.7 Å². The molecule has 4 nitrogen and oxygen atoms in total.